The molecular formula is C23H25F3N6O8S. The zero-order valence-electron chi connectivity index (χ0n) is 20.9. The monoisotopic (exact) mass is 602 g/mol. The predicted octanol–water partition coefficient (Wildman–Crippen LogP) is -0.158. The number of amides is 1. The van der Waals surface area contributed by atoms with E-state index in [0.29, 0.717) is 11.2 Å². The highest BCUT2D eigenvalue weighted by atomic mass is 32.2. The van der Waals surface area contributed by atoms with E-state index in [4.69, 9.17) is 10.5 Å². The fourth-order valence-electron chi connectivity index (χ4n) is 4.22. The lowest BCUT2D eigenvalue weighted by atomic mass is 9.96. The number of rotatable bonds is 10. The number of carbonyl (C=O) groups excluding carboxylic acids is 2. The SMILES string of the molecule is Nc1ccnc2c1ncn2[C@@H]1O[C@H](CNS(=O)(=O)NC(=O)CCC(=O)c2ccccc2C(O)C(F)(F)F)[C@@H](O)[C@H]1O. The Morgan fingerprint density at radius 2 is 1.83 bits per heavy atom. The Balaban J connectivity index is 1.32. The second-order valence-corrected chi connectivity index (χ2v) is 10.6. The number of Topliss-reactive ketones (excluding diaryl/α,β-unsaturated/α-hetero) is 1. The van der Waals surface area contributed by atoms with Crippen molar-refractivity contribution in [3.05, 3.63) is 54.0 Å². The summed E-state index contributed by atoms with van der Waals surface area (Å²) in [5, 5.41) is 30.4. The molecule has 0 radical (unpaired) electrons. The molecule has 1 unspecified atom stereocenters. The lowest BCUT2D eigenvalue weighted by Crippen LogP contribution is -2.45. The molecule has 1 aliphatic rings. The van der Waals surface area contributed by atoms with E-state index in [2.05, 4.69) is 9.97 Å². The number of nitrogens with two attached hydrogens (primary N) is 1. The van der Waals surface area contributed by atoms with Crippen LogP contribution in [0.2, 0.25) is 0 Å². The van der Waals surface area contributed by atoms with E-state index in [1.54, 1.807) is 4.72 Å². The second-order valence-electron chi connectivity index (χ2n) is 9.10. The number of ketones is 1. The first-order chi connectivity index (χ1) is 19.2. The van der Waals surface area contributed by atoms with Crippen LogP contribution in [-0.2, 0) is 19.7 Å². The van der Waals surface area contributed by atoms with E-state index in [1.165, 1.54) is 35.3 Å². The molecule has 41 heavy (non-hydrogen) atoms. The van der Waals surface area contributed by atoms with Gasteiger partial charge in [-0.25, -0.2) is 14.7 Å². The summed E-state index contributed by atoms with van der Waals surface area (Å²) in [6, 6.07) is 5.95. The summed E-state index contributed by atoms with van der Waals surface area (Å²) < 4.78 is 74.1. The van der Waals surface area contributed by atoms with Gasteiger partial charge in [0.25, 0.3) is 0 Å². The normalized spacial score (nSPS) is 22.1. The van der Waals surface area contributed by atoms with Crippen LogP contribution >= 0.6 is 0 Å². The van der Waals surface area contributed by atoms with Gasteiger partial charge in [0.05, 0.1) is 12.0 Å². The van der Waals surface area contributed by atoms with Crippen molar-refractivity contribution in [1.82, 2.24) is 24.0 Å². The van der Waals surface area contributed by atoms with Crippen molar-refractivity contribution in [3.8, 4) is 0 Å². The van der Waals surface area contributed by atoms with E-state index < -0.39 is 89.2 Å². The number of anilines is 1. The number of pyridine rings is 1. The minimum atomic E-state index is -5.03. The van der Waals surface area contributed by atoms with Crippen LogP contribution in [0.15, 0.2) is 42.9 Å². The Kier molecular flexibility index (Phi) is 8.62. The minimum Gasteiger partial charge on any atom is -0.397 e. The molecule has 3 aromatic rings. The third-order valence-electron chi connectivity index (χ3n) is 6.27. The molecule has 0 aliphatic carbocycles. The highest BCUT2D eigenvalue weighted by Crippen LogP contribution is 2.35. The summed E-state index contributed by atoms with van der Waals surface area (Å²) in [7, 11) is -4.54. The number of aliphatic hydroxyl groups is 3. The number of alkyl halides is 3. The maximum Gasteiger partial charge on any atom is 0.418 e. The standard InChI is InChI=1S/C23H25F3N6O8S/c24-23(25,26)20(37)12-4-2-1-3-11(12)14(33)5-6-16(34)31-41(38,39)30-9-15-18(35)19(36)22(40-15)32-10-29-17-13(27)7-8-28-21(17)32/h1-4,7-8,10,15,18-20,22,30,35-37H,5-6,9H2,(H2,27,28)(H,31,34)/t15-,18-,19-,20?,22-/m1/s1. The van der Waals surface area contributed by atoms with Gasteiger partial charge in [0.15, 0.2) is 23.8 Å². The molecule has 1 aromatic carbocycles. The van der Waals surface area contributed by atoms with Crippen molar-refractivity contribution in [3.63, 3.8) is 0 Å². The van der Waals surface area contributed by atoms with Crippen LogP contribution in [0.4, 0.5) is 18.9 Å². The average Bonchev–Trinajstić information content (AvgIpc) is 3.46. The molecule has 1 aliphatic heterocycles. The van der Waals surface area contributed by atoms with Crippen LogP contribution < -0.4 is 15.2 Å². The number of halogens is 3. The van der Waals surface area contributed by atoms with Crippen molar-refractivity contribution in [1.29, 1.82) is 0 Å². The van der Waals surface area contributed by atoms with Crippen LogP contribution in [0.3, 0.4) is 0 Å². The quantitative estimate of drug-likeness (QED) is 0.168. The summed E-state index contributed by atoms with van der Waals surface area (Å²) >= 11 is 0. The van der Waals surface area contributed by atoms with Crippen LogP contribution in [0, 0.1) is 0 Å². The maximum atomic E-state index is 12.9. The first kappa shape index (κ1) is 30.3. The van der Waals surface area contributed by atoms with E-state index in [1.807, 2.05) is 4.72 Å². The Hall–Kier alpha value is -3.68. The number of hydrogen-bond donors (Lipinski definition) is 6. The Bertz CT molecular complexity index is 1550. The van der Waals surface area contributed by atoms with Gasteiger partial charge < -0.3 is 25.8 Å². The molecule has 0 bridgehead atoms. The summed E-state index contributed by atoms with van der Waals surface area (Å²) in [5.41, 5.74) is 5.57. The fourth-order valence-corrected chi connectivity index (χ4v) is 5.08. The lowest BCUT2D eigenvalue weighted by molar-refractivity contribution is -0.206. The minimum absolute atomic E-state index is 0.250. The summed E-state index contributed by atoms with van der Waals surface area (Å²) in [6.07, 6.45) is -12.2. The van der Waals surface area contributed by atoms with Crippen molar-refractivity contribution >= 4 is 38.8 Å². The number of hydrogen-bond acceptors (Lipinski definition) is 11. The van der Waals surface area contributed by atoms with Crippen LogP contribution in [0.25, 0.3) is 11.2 Å². The molecular weight excluding hydrogens is 577 g/mol. The van der Waals surface area contributed by atoms with E-state index in [-0.39, 0.29) is 5.65 Å². The van der Waals surface area contributed by atoms with Crippen molar-refractivity contribution in [2.45, 2.75) is 49.7 Å². The Morgan fingerprint density at radius 1 is 1.12 bits per heavy atom. The van der Waals surface area contributed by atoms with E-state index >= 15 is 0 Å². The van der Waals surface area contributed by atoms with E-state index in [0.717, 1.165) is 12.1 Å². The van der Waals surface area contributed by atoms with Gasteiger partial charge in [-0.15, -0.1) is 0 Å². The smallest absolute Gasteiger partial charge is 0.397 e. The van der Waals surface area contributed by atoms with Crippen molar-refractivity contribution in [2.24, 2.45) is 0 Å². The molecule has 2 aromatic heterocycles. The molecule has 5 atom stereocenters. The number of imidazole rings is 1. The molecule has 1 fully saturated rings. The molecule has 7 N–H and O–H groups in total. The summed E-state index contributed by atoms with van der Waals surface area (Å²) in [6.45, 7) is -0.582. The van der Waals surface area contributed by atoms with Gasteiger partial charge in [-0.3, -0.25) is 14.2 Å². The van der Waals surface area contributed by atoms with Crippen molar-refractivity contribution in [2.75, 3.05) is 12.3 Å². The molecule has 1 saturated heterocycles. The highest BCUT2D eigenvalue weighted by Gasteiger charge is 2.45. The number of nitrogens with one attached hydrogen (secondary N) is 2. The number of fused-ring (bicyclic) bond motifs is 1. The van der Waals surface area contributed by atoms with Gasteiger partial charge in [0.2, 0.25) is 5.91 Å². The molecule has 222 valence electrons. The lowest BCUT2D eigenvalue weighted by Gasteiger charge is -2.17. The second kappa shape index (κ2) is 11.7. The third-order valence-corrected chi connectivity index (χ3v) is 7.31. The molecule has 1 amide bonds. The van der Waals surface area contributed by atoms with Gasteiger partial charge in [0.1, 0.15) is 23.8 Å². The molecule has 0 saturated carbocycles. The fraction of sp³-hybridized carbons (Fsp3) is 0.391. The number of aromatic nitrogens is 3. The van der Waals surface area contributed by atoms with E-state index in [9.17, 15) is 46.5 Å². The predicted molar refractivity (Wildman–Crippen MR) is 134 cm³/mol. The number of ether oxygens (including phenoxy) is 1. The first-order valence-electron chi connectivity index (χ1n) is 12.0. The summed E-state index contributed by atoms with van der Waals surface area (Å²) in [5.74, 6) is -2.07. The summed E-state index contributed by atoms with van der Waals surface area (Å²) in [4.78, 5) is 32.9. The number of nitrogens with zero attached hydrogens (tertiary/aromatic N) is 3. The largest absolute Gasteiger partial charge is 0.418 e. The highest BCUT2D eigenvalue weighted by molar-refractivity contribution is 7.88. The topological polar surface area (TPSA) is 219 Å². The molecule has 18 heteroatoms. The van der Waals surface area contributed by atoms with Crippen molar-refractivity contribution < 1.29 is 51.2 Å². The third kappa shape index (κ3) is 6.63. The number of benzene rings is 1. The van der Waals surface area contributed by atoms with Gasteiger partial charge in [-0.2, -0.15) is 26.3 Å². The molecule has 14 nitrogen and oxygen atoms in total. The first-order valence-corrected chi connectivity index (χ1v) is 13.4. The van der Waals surface area contributed by atoms with Gasteiger partial charge in [-0.1, -0.05) is 24.3 Å². The van der Waals surface area contributed by atoms with Crippen LogP contribution in [0.5, 0.6) is 0 Å². The Labute approximate surface area is 230 Å². The number of nitrogen functional groups attached to an aromatic ring is 1. The zero-order valence-corrected chi connectivity index (χ0v) is 21.7. The van der Waals surface area contributed by atoms with Crippen LogP contribution in [-0.4, -0.2) is 81.0 Å². The Morgan fingerprint density at radius 3 is 2.54 bits per heavy atom. The average molecular weight is 603 g/mol. The van der Waals surface area contributed by atoms with Gasteiger partial charge in [0, 0.05) is 36.7 Å². The van der Waals surface area contributed by atoms with Gasteiger partial charge >= 0.3 is 16.4 Å². The number of carbonyl (C=O) groups is 2. The number of aliphatic hydroxyl groups excluding tert-OH is 3. The maximum absolute atomic E-state index is 12.9. The van der Waals surface area contributed by atoms with Crippen LogP contribution in [0.1, 0.15) is 41.1 Å². The molecule has 3 heterocycles. The zero-order chi connectivity index (χ0) is 30.1. The molecule has 0 spiro atoms. The molecule has 4 rings (SSSR count). The van der Waals surface area contributed by atoms with Gasteiger partial charge in [-0.05, 0) is 6.07 Å².